The van der Waals surface area contributed by atoms with Crippen LogP contribution in [0.2, 0.25) is 0 Å². The van der Waals surface area contributed by atoms with E-state index in [2.05, 4.69) is 37.2 Å². The van der Waals surface area contributed by atoms with Crippen molar-refractivity contribution in [1.82, 2.24) is 5.32 Å². The number of carbonyl (C=O) groups excluding carboxylic acids is 1. The second-order valence-corrected chi connectivity index (χ2v) is 7.05. The summed E-state index contributed by atoms with van der Waals surface area (Å²) in [6, 6.07) is 11.7. The van der Waals surface area contributed by atoms with Gasteiger partial charge < -0.3 is 10.4 Å². The monoisotopic (exact) mass is 439 g/mol. The fourth-order valence-electron chi connectivity index (χ4n) is 2.20. The molecule has 0 bridgehead atoms. The van der Waals surface area contributed by atoms with Crippen LogP contribution in [-0.2, 0) is 11.2 Å². The third kappa shape index (κ3) is 5.18. The molecule has 0 aliphatic carbocycles. The average Bonchev–Trinajstić information content (AvgIpc) is 2.45. The maximum Gasteiger partial charge on any atom is 0.326 e. The summed E-state index contributed by atoms with van der Waals surface area (Å²) in [7, 11) is 0. The molecule has 2 aromatic rings. The maximum absolute atomic E-state index is 12.3. The summed E-state index contributed by atoms with van der Waals surface area (Å²) in [5, 5.41) is 12.0. The number of halogens is 2. The van der Waals surface area contributed by atoms with Crippen LogP contribution in [-0.4, -0.2) is 23.0 Å². The largest absolute Gasteiger partial charge is 0.480 e. The number of aliphatic carboxylic acids is 1. The molecule has 1 atom stereocenters. The van der Waals surface area contributed by atoms with Gasteiger partial charge in [-0.25, -0.2) is 4.79 Å². The van der Waals surface area contributed by atoms with E-state index in [1.807, 2.05) is 31.2 Å². The summed E-state index contributed by atoms with van der Waals surface area (Å²) < 4.78 is 1.48. The van der Waals surface area contributed by atoms with E-state index in [1.54, 1.807) is 18.2 Å². The summed E-state index contributed by atoms with van der Waals surface area (Å²) in [4.78, 5) is 23.8. The van der Waals surface area contributed by atoms with Gasteiger partial charge in [-0.1, -0.05) is 61.7 Å². The van der Waals surface area contributed by atoms with Gasteiger partial charge in [-0.2, -0.15) is 0 Å². The van der Waals surface area contributed by atoms with Crippen LogP contribution < -0.4 is 5.32 Å². The zero-order chi connectivity index (χ0) is 17.0. The first kappa shape index (κ1) is 17.7. The van der Waals surface area contributed by atoms with E-state index >= 15 is 0 Å². The van der Waals surface area contributed by atoms with E-state index in [4.69, 9.17) is 0 Å². The lowest BCUT2D eigenvalue weighted by molar-refractivity contribution is -0.139. The van der Waals surface area contributed by atoms with Gasteiger partial charge in [0.25, 0.3) is 5.91 Å². The number of carboxylic acid groups (broad SMARTS) is 1. The third-order valence-corrected chi connectivity index (χ3v) is 4.17. The Bertz CT molecular complexity index is 726. The molecule has 0 saturated heterocycles. The van der Waals surface area contributed by atoms with Crippen LogP contribution in [0.25, 0.3) is 0 Å². The van der Waals surface area contributed by atoms with Crippen LogP contribution in [0.15, 0.2) is 51.4 Å². The zero-order valence-electron chi connectivity index (χ0n) is 12.3. The van der Waals surface area contributed by atoms with Crippen molar-refractivity contribution in [2.45, 2.75) is 19.4 Å². The highest BCUT2D eigenvalue weighted by Gasteiger charge is 2.21. The Kier molecular flexibility index (Phi) is 5.96. The van der Waals surface area contributed by atoms with Crippen molar-refractivity contribution < 1.29 is 14.7 Å². The van der Waals surface area contributed by atoms with E-state index in [0.717, 1.165) is 20.1 Å². The second-order valence-electron chi connectivity index (χ2n) is 5.22. The predicted octanol–water partition coefficient (Wildman–Crippen LogP) is 3.95. The van der Waals surface area contributed by atoms with E-state index in [-0.39, 0.29) is 6.42 Å². The summed E-state index contributed by atoms with van der Waals surface area (Å²) >= 11 is 6.62. The fraction of sp³-hybridized carbons (Fsp3) is 0.176. The van der Waals surface area contributed by atoms with Gasteiger partial charge in [0.2, 0.25) is 0 Å². The fourth-order valence-corrected chi connectivity index (χ4v) is 3.50. The first-order chi connectivity index (χ1) is 10.8. The Morgan fingerprint density at radius 3 is 2.35 bits per heavy atom. The van der Waals surface area contributed by atoms with E-state index in [0.29, 0.717) is 5.56 Å². The lowest BCUT2D eigenvalue weighted by Gasteiger charge is -2.15. The highest BCUT2D eigenvalue weighted by atomic mass is 79.9. The molecule has 23 heavy (non-hydrogen) atoms. The number of amides is 1. The van der Waals surface area contributed by atoms with Gasteiger partial charge in [0.05, 0.1) is 0 Å². The van der Waals surface area contributed by atoms with Gasteiger partial charge in [-0.05, 0) is 30.7 Å². The molecule has 0 aliphatic heterocycles. The molecule has 0 unspecified atom stereocenters. The molecule has 4 nitrogen and oxygen atoms in total. The van der Waals surface area contributed by atoms with Gasteiger partial charge in [-0.15, -0.1) is 0 Å². The van der Waals surface area contributed by atoms with Crippen LogP contribution >= 0.6 is 31.9 Å². The van der Waals surface area contributed by atoms with Crippen LogP contribution in [0, 0.1) is 6.92 Å². The summed E-state index contributed by atoms with van der Waals surface area (Å²) in [5.74, 6) is -1.49. The lowest BCUT2D eigenvalue weighted by atomic mass is 10.0. The SMILES string of the molecule is Cc1cccc(C[C@H](NC(=O)c2cc(Br)cc(Br)c2)C(=O)O)c1. The summed E-state index contributed by atoms with van der Waals surface area (Å²) in [6.45, 7) is 1.94. The Morgan fingerprint density at radius 1 is 1.13 bits per heavy atom. The molecular formula is C17H15Br2NO3. The summed E-state index contributed by atoms with van der Waals surface area (Å²) in [6.07, 6.45) is 0.234. The topological polar surface area (TPSA) is 66.4 Å². The van der Waals surface area contributed by atoms with Crippen LogP contribution in [0.4, 0.5) is 0 Å². The molecule has 2 N–H and O–H groups in total. The summed E-state index contributed by atoms with van der Waals surface area (Å²) in [5.41, 5.74) is 2.31. The normalized spacial score (nSPS) is 11.8. The molecule has 0 aromatic heterocycles. The molecule has 2 rings (SSSR count). The van der Waals surface area contributed by atoms with E-state index in [1.165, 1.54) is 0 Å². The van der Waals surface area contributed by atoms with Crippen molar-refractivity contribution in [2.24, 2.45) is 0 Å². The first-order valence-electron chi connectivity index (χ1n) is 6.90. The number of nitrogens with one attached hydrogen (secondary N) is 1. The number of carbonyl (C=O) groups is 2. The molecule has 1 amide bonds. The van der Waals surface area contributed by atoms with Crippen molar-refractivity contribution in [2.75, 3.05) is 0 Å². The number of rotatable bonds is 5. The van der Waals surface area contributed by atoms with E-state index in [9.17, 15) is 14.7 Å². The van der Waals surface area contributed by atoms with Gasteiger partial charge >= 0.3 is 5.97 Å². The Hall–Kier alpha value is -1.66. The minimum atomic E-state index is -1.06. The quantitative estimate of drug-likeness (QED) is 0.739. The van der Waals surface area contributed by atoms with Crippen molar-refractivity contribution in [3.63, 3.8) is 0 Å². The molecule has 120 valence electrons. The van der Waals surface area contributed by atoms with Crippen molar-refractivity contribution in [3.05, 3.63) is 68.1 Å². The Balaban J connectivity index is 2.15. The van der Waals surface area contributed by atoms with Crippen LogP contribution in [0.1, 0.15) is 21.5 Å². The number of carboxylic acids is 1. The van der Waals surface area contributed by atoms with Gasteiger partial charge in [-0.3, -0.25) is 4.79 Å². The molecule has 0 saturated carbocycles. The standard InChI is InChI=1S/C17H15Br2NO3/c1-10-3-2-4-11(5-10)6-15(17(22)23)20-16(21)12-7-13(18)9-14(19)8-12/h2-5,7-9,15H,6H2,1H3,(H,20,21)(H,22,23)/t15-/m0/s1. The maximum atomic E-state index is 12.3. The van der Waals surface area contributed by atoms with Gasteiger partial charge in [0.15, 0.2) is 0 Å². The minimum absolute atomic E-state index is 0.234. The second kappa shape index (κ2) is 7.75. The Labute approximate surface area is 151 Å². The lowest BCUT2D eigenvalue weighted by Crippen LogP contribution is -2.42. The highest BCUT2D eigenvalue weighted by molar-refractivity contribution is 9.11. The molecule has 0 spiro atoms. The van der Waals surface area contributed by atoms with Crippen molar-refractivity contribution in [3.8, 4) is 0 Å². The molecule has 0 aliphatic rings. The number of hydrogen-bond acceptors (Lipinski definition) is 2. The van der Waals surface area contributed by atoms with Crippen LogP contribution in [0.5, 0.6) is 0 Å². The van der Waals surface area contributed by atoms with Gasteiger partial charge in [0.1, 0.15) is 6.04 Å². The van der Waals surface area contributed by atoms with E-state index < -0.39 is 17.9 Å². The van der Waals surface area contributed by atoms with Crippen molar-refractivity contribution in [1.29, 1.82) is 0 Å². The van der Waals surface area contributed by atoms with Gasteiger partial charge in [0, 0.05) is 20.9 Å². The predicted molar refractivity (Wildman–Crippen MR) is 95.6 cm³/mol. The van der Waals surface area contributed by atoms with Crippen molar-refractivity contribution >= 4 is 43.7 Å². The molecule has 0 radical (unpaired) electrons. The van der Waals surface area contributed by atoms with Crippen LogP contribution in [0.3, 0.4) is 0 Å². The molecule has 2 aromatic carbocycles. The zero-order valence-corrected chi connectivity index (χ0v) is 15.5. The molecular weight excluding hydrogens is 426 g/mol. The number of hydrogen-bond donors (Lipinski definition) is 2. The average molecular weight is 441 g/mol. The Morgan fingerprint density at radius 2 is 1.78 bits per heavy atom. The highest BCUT2D eigenvalue weighted by Crippen LogP contribution is 2.20. The minimum Gasteiger partial charge on any atom is -0.480 e. The molecule has 0 fully saturated rings. The third-order valence-electron chi connectivity index (χ3n) is 3.25. The number of benzene rings is 2. The molecule has 0 heterocycles. The molecule has 6 heteroatoms. The first-order valence-corrected chi connectivity index (χ1v) is 8.49. The number of aryl methyl sites for hydroxylation is 1. The smallest absolute Gasteiger partial charge is 0.326 e.